The number of rotatable bonds is 8. The summed E-state index contributed by atoms with van der Waals surface area (Å²) in [5.41, 5.74) is -2.64. The Labute approximate surface area is 194 Å². The van der Waals surface area contributed by atoms with E-state index < -0.39 is 67.6 Å². The first-order chi connectivity index (χ1) is 16.5. The number of aliphatic hydroxyl groups is 2. The molecule has 35 heavy (non-hydrogen) atoms. The molecule has 2 aliphatic heterocycles. The Balaban J connectivity index is 1.31. The zero-order valence-electron chi connectivity index (χ0n) is 18.0. The fraction of sp³-hybridized carbons (Fsp3) is 0.556. The molecule has 0 aliphatic carbocycles. The van der Waals surface area contributed by atoms with Crippen LogP contribution in [-0.4, -0.2) is 59.0 Å². The zero-order chi connectivity index (χ0) is 25.3. The van der Waals surface area contributed by atoms with Crippen molar-refractivity contribution in [2.75, 3.05) is 0 Å². The molecule has 4 rings (SSSR count). The minimum Gasteiger partial charge on any atom is -0.365 e. The van der Waals surface area contributed by atoms with Crippen LogP contribution in [0.5, 0.6) is 0 Å². The van der Waals surface area contributed by atoms with Gasteiger partial charge < -0.3 is 24.6 Å². The standard InChI is InChI=1S/C18H23N4O12P/c23-11-5-7-21(17(27)19-11)13-3-1-9(31-13)15(25)33-35(29,30)34-16(26)10-2-4-14(32-10)22-8-6-12(24)20-18(22)28/h5-10,13-16,25-26H,1-4H2,(H,29,30)(H,19,23,27)(H,20,24,28)/t9-,10-,13+,14+,15?,16?/m0/s1. The van der Waals surface area contributed by atoms with Crippen LogP contribution in [0.3, 0.4) is 0 Å². The fourth-order valence-electron chi connectivity index (χ4n) is 3.86. The molecule has 2 unspecified atom stereocenters. The van der Waals surface area contributed by atoms with E-state index in [9.17, 15) is 38.8 Å². The number of phosphoric acid groups is 1. The number of phosphoric ester groups is 1. The highest BCUT2D eigenvalue weighted by atomic mass is 31.2. The number of hydrogen-bond acceptors (Lipinski definition) is 11. The first-order valence-corrected chi connectivity index (χ1v) is 12.0. The molecule has 0 bridgehead atoms. The SMILES string of the molecule is O=c1ccn([C@H]2CC[C@@H](C(O)OP(=O)(O)OC(O)[C@@H]3CC[C@H](n4ccc(=O)[nH]c4=O)O3)O2)c(=O)[nH]1. The van der Waals surface area contributed by atoms with Gasteiger partial charge in [0.15, 0.2) is 12.6 Å². The summed E-state index contributed by atoms with van der Waals surface area (Å²) >= 11 is 0. The van der Waals surface area contributed by atoms with Crippen LogP contribution < -0.4 is 22.5 Å². The summed E-state index contributed by atoms with van der Waals surface area (Å²) in [5, 5.41) is 20.4. The van der Waals surface area contributed by atoms with Gasteiger partial charge in [0.05, 0.1) is 0 Å². The van der Waals surface area contributed by atoms with E-state index in [-0.39, 0.29) is 25.7 Å². The number of aromatic nitrogens is 4. The van der Waals surface area contributed by atoms with Gasteiger partial charge in [0.2, 0.25) is 0 Å². The van der Waals surface area contributed by atoms with Gasteiger partial charge in [-0.2, -0.15) is 0 Å². The average molecular weight is 518 g/mol. The van der Waals surface area contributed by atoms with E-state index in [1.54, 1.807) is 0 Å². The lowest BCUT2D eigenvalue weighted by molar-refractivity contribution is -0.172. The number of hydrogen-bond donors (Lipinski definition) is 5. The Morgan fingerprint density at radius 2 is 1.23 bits per heavy atom. The Bertz CT molecular complexity index is 1240. The third-order valence-electron chi connectivity index (χ3n) is 5.50. The van der Waals surface area contributed by atoms with Crippen molar-refractivity contribution < 1.29 is 38.2 Å². The molecule has 0 saturated carbocycles. The number of aliphatic hydroxyl groups excluding tert-OH is 2. The van der Waals surface area contributed by atoms with Crippen LogP contribution in [0.1, 0.15) is 38.1 Å². The quantitative estimate of drug-likeness (QED) is 0.193. The van der Waals surface area contributed by atoms with Crippen LogP contribution in [-0.2, 0) is 23.1 Å². The number of aromatic amines is 2. The van der Waals surface area contributed by atoms with Crippen LogP contribution >= 0.6 is 7.82 Å². The summed E-state index contributed by atoms with van der Waals surface area (Å²) in [4.78, 5) is 60.2. The van der Waals surface area contributed by atoms with Crippen LogP contribution in [0.25, 0.3) is 0 Å². The van der Waals surface area contributed by atoms with Crippen molar-refractivity contribution in [1.29, 1.82) is 0 Å². The van der Waals surface area contributed by atoms with Crippen LogP contribution in [0.15, 0.2) is 43.7 Å². The number of nitrogens with zero attached hydrogens (tertiary/aromatic N) is 2. The summed E-state index contributed by atoms with van der Waals surface area (Å²) in [6.45, 7) is 0. The molecule has 0 aromatic carbocycles. The molecule has 6 atom stereocenters. The minimum absolute atomic E-state index is 0.140. The largest absolute Gasteiger partial charge is 0.477 e. The third-order valence-corrected chi connectivity index (χ3v) is 6.47. The Hall–Kier alpha value is -2.69. The van der Waals surface area contributed by atoms with Crippen LogP contribution in [0, 0.1) is 0 Å². The monoisotopic (exact) mass is 518 g/mol. The summed E-state index contributed by atoms with van der Waals surface area (Å²) in [5.74, 6) is 0. The molecule has 5 N–H and O–H groups in total. The smallest absolute Gasteiger partial charge is 0.365 e. The molecule has 0 amide bonds. The normalized spacial score (nSPS) is 28.0. The zero-order valence-corrected chi connectivity index (χ0v) is 18.9. The van der Waals surface area contributed by atoms with Crippen molar-refractivity contribution in [2.24, 2.45) is 0 Å². The molecular weight excluding hydrogens is 495 g/mol. The van der Waals surface area contributed by atoms with E-state index >= 15 is 0 Å². The first-order valence-electron chi connectivity index (χ1n) is 10.5. The first kappa shape index (κ1) is 25.4. The Kier molecular flexibility index (Phi) is 7.35. The molecule has 0 spiro atoms. The molecule has 2 aromatic heterocycles. The second kappa shape index (κ2) is 10.1. The number of ether oxygens (including phenoxy) is 2. The van der Waals surface area contributed by atoms with Gasteiger partial charge >= 0.3 is 19.2 Å². The molecule has 2 aliphatic rings. The van der Waals surface area contributed by atoms with E-state index in [0.29, 0.717) is 0 Å². The summed E-state index contributed by atoms with van der Waals surface area (Å²) < 4.78 is 34.9. The van der Waals surface area contributed by atoms with Gasteiger partial charge in [0.1, 0.15) is 24.7 Å². The van der Waals surface area contributed by atoms with E-state index in [0.717, 1.165) is 21.3 Å². The van der Waals surface area contributed by atoms with Crippen molar-refractivity contribution in [3.05, 3.63) is 66.2 Å². The highest BCUT2D eigenvalue weighted by Crippen LogP contribution is 2.48. The third kappa shape index (κ3) is 5.94. The average Bonchev–Trinajstić information content (AvgIpc) is 3.43. The van der Waals surface area contributed by atoms with Crippen molar-refractivity contribution in [3.63, 3.8) is 0 Å². The molecule has 2 fully saturated rings. The summed E-state index contributed by atoms with van der Waals surface area (Å²) in [7, 11) is -5.02. The molecule has 192 valence electrons. The maximum Gasteiger partial charge on any atom is 0.477 e. The van der Waals surface area contributed by atoms with Crippen molar-refractivity contribution in [3.8, 4) is 0 Å². The maximum absolute atomic E-state index is 12.3. The van der Waals surface area contributed by atoms with Gasteiger partial charge in [0.25, 0.3) is 11.1 Å². The van der Waals surface area contributed by atoms with E-state index in [1.807, 2.05) is 0 Å². The number of H-pyrrole nitrogens is 2. The van der Waals surface area contributed by atoms with Gasteiger partial charge in [-0.1, -0.05) is 0 Å². The van der Waals surface area contributed by atoms with Crippen molar-refractivity contribution >= 4 is 7.82 Å². The Morgan fingerprint density at radius 1 is 0.829 bits per heavy atom. The predicted molar refractivity (Wildman–Crippen MR) is 113 cm³/mol. The molecule has 17 heteroatoms. The minimum atomic E-state index is -5.02. The van der Waals surface area contributed by atoms with Gasteiger partial charge in [-0.15, -0.1) is 0 Å². The molecule has 16 nitrogen and oxygen atoms in total. The highest BCUT2D eigenvalue weighted by Gasteiger charge is 2.41. The van der Waals surface area contributed by atoms with E-state index in [4.69, 9.17) is 18.5 Å². The lowest BCUT2D eigenvalue weighted by Crippen LogP contribution is -2.34. The van der Waals surface area contributed by atoms with Crippen LogP contribution in [0.4, 0.5) is 0 Å². The molecule has 4 heterocycles. The van der Waals surface area contributed by atoms with E-state index in [1.165, 1.54) is 12.4 Å². The van der Waals surface area contributed by atoms with Crippen molar-refractivity contribution in [2.45, 2.75) is 62.9 Å². The maximum atomic E-state index is 12.3. The molecule has 2 saturated heterocycles. The predicted octanol–water partition coefficient (Wildman–Crippen LogP) is -1.79. The van der Waals surface area contributed by atoms with Gasteiger partial charge in [-0.05, 0) is 25.7 Å². The second-order valence-electron chi connectivity index (χ2n) is 7.91. The van der Waals surface area contributed by atoms with Crippen LogP contribution in [0.2, 0.25) is 0 Å². The second-order valence-corrected chi connectivity index (χ2v) is 9.27. The van der Waals surface area contributed by atoms with Gasteiger partial charge in [-0.25, -0.2) is 14.2 Å². The molecular formula is C18H23N4O12P. The van der Waals surface area contributed by atoms with Crippen molar-refractivity contribution in [1.82, 2.24) is 19.1 Å². The molecule has 0 radical (unpaired) electrons. The highest BCUT2D eigenvalue weighted by molar-refractivity contribution is 7.47. The lowest BCUT2D eigenvalue weighted by Gasteiger charge is -2.25. The van der Waals surface area contributed by atoms with Gasteiger partial charge in [0, 0.05) is 24.5 Å². The lowest BCUT2D eigenvalue weighted by atomic mass is 10.2. The summed E-state index contributed by atoms with van der Waals surface area (Å²) in [6.07, 6.45) is -4.64. The summed E-state index contributed by atoms with van der Waals surface area (Å²) in [6, 6.07) is 2.23. The Morgan fingerprint density at radius 3 is 1.60 bits per heavy atom. The number of nitrogens with one attached hydrogen (secondary N) is 2. The fourth-order valence-corrected chi connectivity index (χ4v) is 4.73. The van der Waals surface area contributed by atoms with E-state index in [2.05, 4.69) is 9.97 Å². The molecule has 2 aromatic rings. The van der Waals surface area contributed by atoms with Gasteiger partial charge in [-0.3, -0.25) is 37.7 Å². The topological polar surface area (TPSA) is 224 Å².